The number of carbonyl (C=O) groups excluding carboxylic acids is 2. The van der Waals surface area contributed by atoms with Crippen LogP contribution in [0.3, 0.4) is 0 Å². The zero-order valence-corrected chi connectivity index (χ0v) is 12.1. The largest absolute Gasteiger partial charge is 0.358 e. The van der Waals surface area contributed by atoms with Gasteiger partial charge < -0.3 is 16.0 Å². The van der Waals surface area contributed by atoms with E-state index in [2.05, 4.69) is 10.3 Å². The molecule has 0 spiro atoms. The van der Waals surface area contributed by atoms with Crippen LogP contribution in [0.15, 0.2) is 5.38 Å². The fourth-order valence-electron chi connectivity index (χ4n) is 1.58. The van der Waals surface area contributed by atoms with Gasteiger partial charge in [0.2, 0.25) is 5.91 Å². The van der Waals surface area contributed by atoms with Gasteiger partial charge in [-0.05, 0) is 13.0 Å². The Morgan fingerprint density at radius 3 is 2.84 bits per heavy atom. The Morgan fingerprint density at radius 1 is 1.53 bits per heavy atom. The van der Waals surface area contributed by atoms with Gasteiger partial charge >= 0.3 is 0 Å². The number of carbonyl (C=O) groups is 2. The number of nitrogens with one attached hydrogen (secondary N) is 1. The molecule has 7 heteroatoms. The summed E-state index contributed by atoms with van der Waals surface area (Å²) >= 11 is 1.42. The van der Waals surface area contributed by atoms with Crippen molar-refractivity contribution in [2.75, 3.05) is 26.7 Å². The van der Waals surface area contributed by atoms with Gasteiger partial charge in [0.15, 0.2) is 0 Å². The molecule has 0 radical (unpaired) electrons. The number of hydrogen-bond donors (Lipinski definition) is 2. The molecular weight excluding hydrogens is 264 g/mol. The second kappa shape index (κ2) is 7.85. The highest BCUT2D eigenvalue weighted by atomic mass is 32.1. The summed E-state index contributed by atoms with van der Waals surface area (Å²) < 4.78 is 0. The first-order valence-corrected chi connectivity index (χ1v) is 7.14. The Labute approximate surface area is 117 Å². The van der Waals surface area contributed by atoms with Crippen molar-refractivity contribution < 1.29 is 9.59 Å². The summed E-state index contributed by atoms with van der Waals surface area (Å²) in [6, 6.07) is 0. The molecule has 2 amide bonds. The Balaban J connectivity index is 2.76. The monoisotopic (exact) mass is 284 g/mol. The number of hydrogen-bond acceptors (Lipinski definition) is 5. The summed E-state index contributed by atoms with van der Waals surface area (Å²) in [6.45, 7) is 3.08. The van der Waals surface area contributed by atoms with Crippen LogP contribution in [-0.2, 0) is 11.2 Å². The number of rotatable bonds is 7. The molecular formula is C12H20N4O2S. The highest BCUT2D eigenvalue weighted by Crippen LogP contribution is 2.12. The van der Waals surface area contributed by atoms with Crippen molar-refractivity contribution >= 4 is 23.2 Å². The van der Waals surface area contributed by atoms with Crippen LogP contribution in [0.25, 0.3) is 0 Å². The highest BCUT2D eigenvalue weighted by molar-refractivity contribution is 7.09. The molecule has 0 aromatic carbocycles. The Kier molecular flexibility index (Phi) is 6.44. The molecule has 0 unspecified atom stereocenters. The third kappa shape index (κ3) is 4.60. The van der Waals surface area contributed by atoms with Gasteiger partial charge in [0, 0.05) is 25.4 Å². The zero-order chi connectivity index (χ0) is 14.3. The van der Waals surface area contributed by atoms with Crippen LogP contribution in [0.1, 0.15) is 28.8 Å². The first-order chi connectivity index (χ1) is 9.12. The second-order valence-electron chi connectivity index (χ2n) is 4.07. The van der Waals surface area contributed by atoms with Gasteiger partial charge in [-0.3, -0.25) is 9.59 Å². The molecule has 0 saturated carbocycles. The van der Waals surface area contributed by atoms with E-state index in [1.165, 1.54) is 16.2 Å². The molecule has 0 fully saturated rings. The lowest BCUT2D eigenvalue weighted by Crippen LogP contribution is -2.40. The van der Waals surface area contributed by atoms with E-state index in [1.54, 1.807) is 12.4 Å². The molecule has 0 saturated heterocycles. The quantitative estimate of drug-likeness (QED) is 0.751. The van der Waals surface area contributed by atoms with E-state index in [4.69, 9.17) is 5.73 Å². The van der Waals surface area contributed by atoms with Crippen LogP contribution in [-0.4, -0.2) is 48.4 Å². The lowest BCUT2D eigenvalue weighted by Gasteiger charge is -2.19. The topological polar surface area (TPSA) is 88.3 Å². The number of amides is 2. The predicted molar refractivity (Wildman–Crippen MR) is 75.1 cm³/mol. The SMILES string of the molecule is CCCN(CC(=O)NC)C(=O)c1csc(CCN)n1. The molecule has 0 aliphatic carbocycles. The maximum absolute atomic E-state index is 12.3. The average Bonchev–Trinajstić information content (AvgIpc) is 2.86. The molecule has 19 heavy (non-hydrogen) atoms. The van der Waals surface area contributed by atoms with Crippen LogP contribution in [0.4, 0.5) is 0 Å². The normalized spacial score (nSPS) is 10.3. The number of likely N-dealkylation sites (N-methyl/N-ethyl adjacent to an activating group) is 1. The number of nitrogens with zero attached hydrogens (tertiary/aromatic N) is 2. The van der Waals surface area contributed by atoms with E-state index in [-0.39, 0.29) is 18.4 Å². The Hall–Kier alpha value is -1.47. The van der Waals surface area contributed by atoms with E-state index in [0.29, 0.717) is 25.2 Å². The summed E-state index contributed by atoms with van der Waals surface area (Å²) in [4.78, 5) is 29.4. The van der Waals surface area contributed by atoms with E-state index in [9.17, 15) is 9.59 Å². The van der Waals surface area contributed by atoms with Crippen molar-refractivity contribution in [3.8, 4) is 0 Å². The van der Waals surface area contributed by atoms with Crippen molar-refractivity contribution in [1.29, 1.82) is 0 Å². The molecule has 6 nitrogen and oxygen atoms in total. The van der Waals surface area contributed by atoms with Crippen molar-refractivity contribution in [1.82, 2.24) is 15.2 Å². The molecule has 0 atom stereocenters. The third-order valence-corrected chi connectivity index (χ3v) is 3.43. The Bertz CT molecular complexity index is 433. The lowest BCUT2D eigenvalue weighted by molar-refractivity contribution is -0.121. The second-order valence-corrected chi connectivity index (χ2v) is 5.01. The van der Waals surface area contributed by atoms with Gasteiger partial charge in [-0.15, -0.1) is 11.3 Å². The molecule has 0 aliphatic heterocycles. The first kappa shape index (κ1) is 15.6. The third-order valence-electron chi connectivity index (χ3n) is 2.52. The van der Waals surface area contributed by atoms with Crippen molar-refractivity contribution in [3.05, 3.63) is 16.1 Å². The molecule has 1 aromatic rings. The van der Waals surface area contributed by atoms with Crippen molar-refractivity contribution in [2.45, 2.75) is 19.8 Å². The smallest absolute Gasteiger partial charge is 0.273 e. The average molecular weight is 284 g/mol. The molecule has 1 rings (SSSR count). The maximum atomic E-state index is 12.3. The fourth-order valence-corrected chi connectivity index (χ4v) is 2.37. The molecule has 3 N–H and O–H groups in total. The van der Waals surface area contributed by atoms with Gasteiger partial charge in [0.1, 0.15) is 5.69 Å². The van der Waals surface area contributed by atoms with Gasteiger partial charge in [0.05, 0.1) is 11.6 Å². The Morgan fingerprint density at radius 2 is 2.26 bits per heavy atom. The van der Waals surface area contributed by atoms with Gasteiger partial charge in [-0.1, -0.05) is 6.92 Å². The number of aromatic nitrogens is 1. The van der Waals surface area contributed by atoms with Crippen LogP contribution in [0.5, 0.6) is 0 Å². The van der Waals surface area contributed by atoms with Crippen molar-refractivity contribution in [2.24, 2.45) is 5.73 Å². The van der Waals surface area contributed by atoms with E-state index in [1.807, 2.05) is 6.92 Å². The van der Waals surface area contributed by atoms with Crippen LogP contribution < -0.4 is 11.1 Å². The van der Waals surface area contributed by atoms with E-state index in [0.717, 1.165) is 11.4 Å². The zero-order valence-electron chi connectivity index (χ0n) is 11.3. The standard InChI is InChI=1S/C12H20N4O2S/c1-3-6-16(7-10(17)14-2)12(18)9-8-19-11(15-9)4-5-13/h8H,3-7,13H2,1-2H3,(H,14,17). The summed E-state index contributed by atoms with van der Waals surface area (Å²) in [5.41, 5.74) is 5.85. The van der Waals surface area contributed by atoms with Crippen LogP contribution in [0, 0.1) is 0 Å². The first-order valence-electron chi connectivity index (χ1n) is 6.26. The van der Waals surface area contributed by atoms with Crippen LogP contribution >= 0.6 is 11.3 Å². The summed E-state index contributed by atoms with van der Waals surface area (Å²) in [6.07, 6.45) is 1.46. The fraction of sp³-hybridized carbons (Fsp3) is 0.583. The van der Waals surface area contributed by atoms with Crippen molar-refractivity contribution in [3.63, 3.8) is 0 Å². The molecule has 0 bridgehead atoms. The van der Waals surface area contributed by atoms with Gasteiger partial charge in [-0.2, -0.15) is 0 Å². The minimum Gasteiger partial charge on any atom is -0.358 e. The predicted octanol–water partition coefficient (Wildman–Crippen LogP) is 0.243. The number of nitrogens with two attached hydrogens (primary N) is 1. The minimum atomic E-state index is -0.204. The summed E-state index contributed by atoms with van der Waals surface area (Å²) in [5.74, 6) is -0.385. The van der Waals surface area contributed by atoms with E-state index >= 15 is 0 Å². The van der Waals surface area contributed by atoms with Gasteiger partial charge in [-0.25, -0.2) is 4.98 Å². The molecule has 1 heterocycles. The lowest BCUT2D eigenvalue weighted by atomic mass is 10.3. The van der Waals surface area contributed by atoms with Gasteiger partial charge in [0.25, 0.3) is 5.91 Å². The number of thiazole rings is 1. The minimum absolute atomic E-state index is 0.0624. The van der Waals surface area contributed by atoms with Crippen LogP contribution in [0.2, 0.25) is 0 Å². The molecule has 106 valence electrons. The summed E-state index contributed by atoms with van der Waals surface area (Å²) in [5, 5.41) is 5.09. The maximum Gasteiger partial charge on any atom is 0.273 e. The van der Waals surface area contributed by atoms with E-state index < -0.39 is 0 Å². The highest BCUT2D eigenvalue weighted by Gasteiger charge is 2.20. The molecule has 1 aromatic heterocycles. The summed E-state index contributed by atoms with van der Waals surface area (Å²) in [7, 11) is 1.55. The molecule has 0 aliphatic rings.